The van der Waals surface area contributed by atoms with Gasteiger partial charge in [0.15, 0.2) is 0 Å². The molecule has 1 aromatic heterocycles. The lowest BCUT2D eigenvalue weighted by Crippen LogP contribution is -2.19. The molecule has 21 heavy (non-hydrogen) atoms. The van der Waals surface area contributed by atoms with E-state index in [2.05, 4.69) is 20.6 Å². The normalized spacial score (nSPS) is 10.6. The maximum atomic E-state index is 11.5. The topological polar surface area (TPSA) is 62.7 Å². The fourth-order valence-corrected chi connectivity index (χ4v) is 2.66. The average molecular weight is 344 g/mol. The summed E-state index contributed by atoms with van der Waals surface area (Å²) in [6, 6.07) is 6.79. The van der Waals surface area contributed by atoms with Crippen LogP contribution in [0.2, 0.25) is 10.0 Å². The Bertz CT molecular complexity index is 673. The van der Waals surface area contributed by atoms with Gasteiger partial charge in [0.25, 0.3) is 0 Å². The van der Waals surface area contributed by atoms with Crippen LogP contribution in [0.4, 0.5) is 11.4 Å². The highest BCUT2D eigenvalue weighted by Gasteiger charge is 2.12. The average Bonchev–Trinajstić information content (AvgIpc) is 2.93. The van der Waals surface area contributed by atoms with Crippen molar-refractivity contribution in [1.82, 2.24) is 5.43 Å². The standard InChI is InChI=1S/C13H11Cl2N3O2S/c1-20-13(19)12-11(4-5-21-12)16-7-17-18-10-3-2-8(14)6-9(10)15/h2-7,18H,1H3,(H,16,17). The number of nitrogens with zero attached hydrogens (tertiary/aromatic N) is 1. The summed E-state index contributed by atoms with van der Waals surface area (Å²) in [5.41, 5.74) is 6.82. The number of hydrogen-bond acceptors (Lipinski definition) is 5. The summed E-state index contributed by atoms with van der Waals surface area (Å²) < 4.78 is 4.67. The second kappa shape index (κ2) is 7.31. The van der Waals surface area contributed by atoms with Crippen molar-refractivity contribution in [1.29, 1.82) is 0 Å². The van der Waals surface area contributed by atoms with Crippen molar-refractivity contribution in [3.8, 4) is 0 Å². The summed E-state index contributed by atoms with van der Waals surface area (Å²) >= 11 is 13.1. The number of ether oxygens (including phenoxy) is 1. The number of hydrazine groups is 1. The minimum atomic E-state index is -0.411. The molecule has 0 unspecified atom stereocenters. The molecule has 0 radical (unpaired) electrons. The van der Waals surface area contributed by atoms with Crippen LogP contribution in [0.3, 0.4) is 0 Å². The van der Waals surface area contributed by atoms with Gasteiger partial charge < -0.3 is 4.74 Å². The van der Waals surface area contributed by atoms with E-state index in [4.69, 9.17) is 23.2 Å². The third-order valence-corrected chi connectivity index (χ3v) is 3.85. The molecule has 0 bridgehead atoms. The molecule has 2 rings (SSSR count). The summed E-state index contributed by atoms with van der Waals surface area (Å²) in [7, 11) is 1.33. The molecule has 2 aromatic rings. The molecule has 110 valence electrons. The van der Waals surface area contributed by atoms with Gasteiger partial charge in [0.05, 0.1) is 23.5 Å². The fraction of sp³-hybridized carbons (Fsp3) is 0.0769. The number of halogens is 2. The summed E-state index contributed by atoms with van der Waals surface area (Å²) in [5, 5.41) is 2.80. The predicted octanol–water partition coefficient (Wildman–Crippen LogP) is 4.12. The van der Waals surface area contributed by atoms with Crippen molar-refractivity contribution in [2.75, 3.05) is 12.5 Å². The highest BCUT2D eigenvalue weighted by molar-refractivity contribution is 7.12. The number of benzene rings is 1. The Morgan fingerprint density at radius 2 is 2.19 bits per heavy atom. The van der Waals surface area contributed by atoms with Crippen LogP contribution in [0.1, 0.15) is 9.67 Å². The predicted molar refractivity (Wildman–Crippen MR) is 87.0 cm³/mol. The third-order valence-electron chi connectivity index (χ3n) is 2.42. The van der Waals surface area contributed by atoms with Crippen LogP contribution in [0.15, 0.2) is 34.6 Å². The summed E-state index contributed by atoms with van der Waals surface area (Å²) in [5.74, 6) is -0.411. The Morgan fingerprint density at radius 3 is 2.90 bits per heavy atom. The molecule has 1 heterocycles. The zero-order valence-corrected chi connectivity index (χ0v) is 13.2. The van der Waals surface area contributed by atoms with E-state index in [0.29, 0.717) is 26.3 Å². The van der Waals surface area contributed by atoms with Gasteiger partial charge in [0, 0.05) is 5.02 Å². The van der Waals surface area contributed by atoms with Gasteiger partial charge in [0.1, 0.15) is 11.2 Å². The van der Waals surface area contributed by atoms with E-state index in [9.17, 15) is 4.79 Å². The van der Waals surface area contributed by atoms with Crippen molar-refractivity contribution in [3.63, 3.8) is 0 Å². The smallest absolute Gasteiger partial charge is 0.350 e. The number of rotatable bonds is 5. The molecule has 0 aliphatic heterocycles. The lowest BCUT2D eigenvalue weighted by atomic mass is 10.3. The molecular weight excluding hydrogens is 333 g/mol. The van der Waals surface area contributed by atoms with Gasteiger partial charge in [0.2, 0.25) is 0 Å². The van der Waals surface area contributed by atoms with Gasteiger partial charge in [-0.05, 0) is 29.6 Å². The number of esters is 1. The number of hydrogen-bond donors (Lipinski definition) is 2. The Morgan fingerprint density at radius 1 is 1.38 bits per heavy atom. The molecule has 2 N–H and O–H groups in total. The highest BCUT2D eigenvalue weighted by Crippen LogP contribution is 2.26. The third kappa shape index (κ3) is 4.10. The molecule has 0 aliphatic rings. The monoisotopic (exact) mass is 343 g/mol. The van der Waals surface area contributed by atoms with E-state index in [-0.39, 0.29) is 0 Å². The Kier molecular flexibility index (Phi) is 5.44. The lowest BCUT2D eigenvalue weighted by molar-refractivity contribution is 0.0607. The van der Waals surface area contributed by atoms with E-state index in [1.54, 1.807) is 29.6 Å². The van der Waals surface area contributed by atoms with Crippen molar-refractivity contribution < 1.29 is 9.53 Å². The number of anilines is 1. The first-order chi connectivity index (χ1) is 10.1. The number of methoxy groups -OCH3 is 1. The van der Waals surface area contributed by atoms with Crippen molar-refractivity contribution in [3.05, 3.63) is 44.6 Å². The largest absolute Gasteiger partial charge is 0.465 e. The van der Waals surface area contributed by atoms with Crippen molar-refractivity contribution in [2.45, 2.75) is 0 Å². The van der Waals surface area contributed by atoms with Gasteiger partial charge in [-0.2, -0.15) is 0 Å². The number of nitrogens with one attached hydrogen (secondary N) is 2. The minimum absolute atomic E-state index is 0.411. The van der Waals surface area contributed by atoms with Gasteiger partial charge in [-0.15, -0.1) is 11.3 Å². The van der Waals surface area contributed by atoms with E-state index in [1.807, 2.05) is 0 Å². The summed E-state index contributed by atoms with van der Waals surface area (Å²) in [6.45, 7) is 0. The second-order valence-electron chi connectivity index (χ2n) is 3.78. The van der Waals surface area contributed by atoms with Gasteiger partial charge in [-0.25, -0.2) is 9.79 Å². The zero-order valence-electron chi connectivity index (χ0n) is 10.9. The fourth-order valence-electron chi connectivity index (χ4n) is 1.45. The summed E-state index contributed by atoms with van der Waals surface area (Å²) in [6.07, 6.45) is 1.42. The molecule has 5 nitrogen and oxygen atoms in total. The van der Waals surface area contributed by atoms with Gasteiger partial charge in [-0.3, -0.25) is 10.9 Å². The molecule has 0 atom stereocenters. The Balaban J connectivity index is 1.97. The van der Waals surface area contributed by atoms with E-state index in [0.717, 1.165) is 0 Å². The number of carbonyl (C=O) groups excluding carboxylic acids is 1. The second-order valence-corrected chi connectivity index (χ2v) is 5.54. The van der Waals surface area contributed by atoms with E-state index in [1.165, 1.54) is 24.8 Å². The van der Waals surface area contributed by atoms with E-state index < -0.39 is 5.97 Å². The molecule has 0 fully saturated rings. The maximum Gasteiger partial charge on any atom is 0.350 e. The molecular formula is C13H11Cl2N3O2S. The van der Waals surface area contributed by atoms with Crippen LogP contribution < -0.4 is 10.9 Å². The molecule has 0 saturated carbocycles. The molecule has 0 amide bonds. The number of aliphatic imine (C=N–C) groups is 1. The number of carbonyl (C=O) groups is 1. The van der Waals surface area contributed by atoms with Crippen molar-refractivity contribution >= 4 is 58.2 Å². The highest BCUT2D eigenvalue weighted by atomic mass is 35.5. The first kappa shape index (κ1) is 15.6. The van der Waals surface area contributed by atoms with Crippen molar-refractivity contribution in [2.24, 2.45) is 4.99 Å². The SMILES string of the molecule is COC(=O)c1sccc1N=CNNc1ccc(Cl)cc1Cl. The zero-order chi connectivity index (χ0) is 15.2. The Labute approximate surface area is 135 Å². The van der Waals surface area contributed by atoms with Crippen LogP contribution in [0.5, 0.6) is 0 Å². The van der Waals surface area contributed by atoms with Crippen LogP contribution in [-0.4, -0.2) is 19.4 Å². The van der Waals surface area contributed by atoms with Crippen LogP contribution in [0, 0.1) is 0 Å². The quantitative estimate of drug-likeness (QED) is 0.371. The molecule has 8 heteroatoms. The van der Waals surface area contributed by atoms with E-state index >= 15 is 0 Å². The van der Waals surface area contributed by atoms with Gasteiger partial charge >= 0.3 is 5.97 Å². The van der Waals surface area contributed by atoms with Gasteiger partial charge in [-0.1, -0.05) is 23.2 Å². The minimum Gasteiger partial charge on any atom is -0.465 e. The molecule has 0 saturated heterocycles. The number of thiophene rings is 1. The molecule has 0 aliphatic carbocycles. The summed E-state index contributed by atoms with van der Waals surface area (Å²) in [4.78, 5) is 16.1. The maximum absolute atomic E-state index is 11.5. The molecule has 0 spiro atoms. The first-order valence-electron chi connectivity index (χ1n) is 5.76. The van der Waals surface area contributed by atoms with Crippen LogP contribution in [-0.2, 0) is 4.74 Å². The Hall–Kier alpha value is -1.76. The first-order valence-corrected chi connectivity index (χ1v) is 7.40. The lowest BCUT2D eigenvalue weighted by Gasteiger charge is -2.07. The van der Waals surface area contributed by atoms with Crippen LogP contribution >= 0.6 is 34.5 Å². The van der Waals surface area contributed by atoms with Crippen LogP contribution in [0.25, 0.3) is 0 Å². The molecule has 1 aromatic carbocycles.